The van der Waals surface area contributed by atoms with Crippen molar-refractivity contribution < 1.29 is 10.2 Å². The Hall–Kier alpha value is -0.120. The number of nitrogens with zero attached hydrogens (tertiary/aromatic N) is 1. The van der Waals surface area contributed by atoms with Gasteiger partial charge in [-0.2, -0.15) is 0 Å². The van der Waals surface area contributed by atoms with E-state index in [9.17, 15) is 0 Å². The Labute approximate surface area is 100 Å². The highest BCUT2D eigenvalue weighted by Gasteiger charge is 2.03. The first-order valence-corrected chi connectivity index (χ1v) is 6.79. The van der Waals surface area contributed by atoms with Gasteiger partial charge in [0.05, 0.1) is 0 Å². The van der Waals surface area contributed by atoms with E-state index >= 15 is 0 Å². The lowest BCUT2D eigenvalue weighted by Gasteiger charge is -2.21. The highest BCUT2D eigenvalue weighted by Crippen LogP contribution is 2.03. The first kappa shape index (κ1) is 15.9. The summed E-state index contributed by atoms with van der Waals surface area (Å²) in [7, 11) is 0. The summed E-state index contributed by atoms with van der Waals surface area (Å²) in [5, 5.41) is 17.5. The number of hydrogen-bond donors (Lipinski definition) is 2. The maximum absolute atomic E-state index is 8.75. The fourth-order valence-corrected chi connectivity index (χ4v) is 1.79. The summed E-state index contributed by atoms with van der Waals surface area (Å²) >= 11 is 0. The molecule has 98 valence electrons. The summed E-state index contributed by atoms with van der Waals surface area (Å²) in [6.45, 7) is 6.29. The third-order valence-corrected chi connectivity index (χ3v) is 2.84. The molecule has 0 aliphatic carbocycles. The molecule has 2 N–H and O–H groups in total. The highest BCUT2D eigenvalue weighted by atomic mass is 16.3. The van der Waals surface area contributed by atoms with Crippen molar-refractivity contribution in [3.63, 3.8) is 0 Å². The van der Waals surface area contributed by atoms with Crippen molar-refractivity contribution in [2.45, 2.75) is 51.9 Å². The molecule has 0 fully saturated rings. The standard InChI is InChI=1S/C13H29NO2/c1-2-3-9-14(11-6-8-13-16)10-5-4-7-12-15/h15-16H,2-13H2,1H3. The van der Waals surface area contributed by atoms with Crippen LogP contribution in [0.25, 0.3) is 0 Å². The number of aliphatic hydroxyl groups is 2. The molecule has 0 aromatic heterocycles. The van der Waals surface area contributed by atoms with Gasteiger partial charge in [0.1, 0.15) is 0 Å². The number of rotatable bonds is 12. The van der Waals surface area contributed by atoms with E-state index in [-0.39, 0.29) is 0 Å². The molecule has 0 aliphatic heterocycles. The zero-order valence-corrected chi connectivity index (χ0v) is 10.8. The van der Waals surface area contributed by atoms with E-state index in [1.54, 1.807) is 0 Å². The molecule has 0 atom stereocenters. The third kappa shape index (κ3) is 10.4. The van der Waals surface area contributed by atoms with E-state index in [2.05, 4.69) is 11.8 Å². The van der Waals surface area contributed by atoms with Gasteiger partial charge in [-0.05, 0) is 58.2 Å². The molecule has 0 unspecified atom stereocenters. The van der Waals surface area contributed by atoms with Gasteiger partial charge in [0.2, 0.25) is 0 Å². The van der Waals surface area contributed by atoms with Crippen LogP contribution in [0.15, 0.2) is 0 Å². The Morgan fingerprint density at radius 2 is 1.19 bits per heavy atom. The van der Waals surface area contributed by atoms with E-state index in [1.165, 1.54) is 25.8 Å². The van der Waals surface area contributed by atoms with Gasteiger partial charge in [-0.1, -0.05) is 13.3 Å². The molecule has 0 aromatic rings. The lowest BCUT2D eigenvalue weighted by molar-refractivity contribution is 0.230. The summed E-state index contributed by atoms with van der Waals surface area (Å²) in [4.78, 5) is 2.50. The molecule has 0 radical (unpaired) electrons. The second-order valence-corrected chi connectivity index (χ2v) is 4.41. The van der Waals surface area contributed by atoms with Crippen molar-refractivity contribution in [1.82, 2.24) is 4.90 Å². The molecule has 0 saturated heterocycles. The Balaban J connectivity index is 3.54. The van der Waals surface area contributed by atoms with E-state index in [4.69, 9.17) is 10.2 Å². The van der Waals surface area contributed by atoms with Crippen LogP contribution in [-0.2, 0) is 0 Å². The summed E-state index contributed by atoms with van der Waals surface area (Å²) in [5.41, 5.74) is 0. The molecule has 0 amide bonds. The van der Waals surface area contributed by atoms with Crippen LogP contribution in [0.3, 0.4) is 0 Å². The Morgan fingerprint density at radius 1 is 0.688 bits per heavy atom. The van der Waals surface area contributed by atoms with Gasteiger partial charge in [-0.15, -0.1) is 0 Å². The zero-order chi connectivity index (χ0) is 12.1. The van der Waals surface area contributed by atoms with Gasteiger partial charge in [0, 0.05) is 13.2 Å². The van der Waals surface area contributed by atoms with Crippen LogP contribution in [-0.4, -0.2) is 48.0 Å². The minimum absolute atomic E-state index is 0.312. The highest BCUT2D eigenvalue weighted by molar-refractivity contribution is 4.58. The minimum Gasteiger partial charge on any atom is -0.396 e. The van der Waals surface area contributed by atoms with Crippen LogP contribution in [0.4, 0.5) is 0 Å². The second-order valence-electron chi connectivity index (χ2n) is 4.41. The molecule has 0 aliphatic rings. The van der Waals surface area contributed by atoms with Gasteiger partial charge in [0.15, 0.2) is 0 Å². The van der Waals surface area contributed by atoms with Crippen molar-refractivity contribution in [2.75, 3.05) is 32.8 Å². The van der Waals surface area contributed by atoms with Crippen molar-refractivity contribution in [2.24, 2.45) is 0 Å². The topological polar surface area (TPSA) is 43.7 Å². The number of hydrogen-bond acceptors (Lipinski definition) is 3. The molecule has 0 saturated carbocycles. The first-order valence-electron chi connectivity index (χ1n) is 6.79. The quantitative estimate of drug-likeness (QED) is 0.505. The minimum atomic E-state index is 0.312. The molecule has 0 aromatic carbocycles. The van der Waals surface area contributed by atoms with Crippen molar-refractivity contribution in [3.05, 3.63) is 0 Å². The summed E-state index contributed by atoms with van der Waals surface area (Å²) in [6, 6.07) is 0. The van der Waals surface area contributed by atoms with E-state index < -0.39 is 0 Å². The summed E-state index contributed by atoms with van der Waals surface area (Å²) < 4.78 is 0. The van der Waals surface area contributed by atoms with Gasteiger partial charge in [-0.25, -0.2) is 0 Å². The fourth-order valence-electron chi connectivity index (χ4n) is 1.79. The second kappa shape index (κ2) is 12.9. The van der Waals surface area contributed by atoms with Crippen LogP contribution < -0.4 is 0 Å². The maximum atomic E-state index is 8.75. The lowest BCUT2D eigenvalue weighted by Crippen LogP contribution is -2.27. The first-order chi connectivity index (χ1) is 7.85. The summed E-state index contributed by atoms with van der Waals surface area (Å²) in [5.74, 6) is 0. The van der Waals surface area contributed by atoms with Gasteiger partial charge in [-0.3, -0.25) is 0 Å². The predicted octanol–water partition coefficient (Wildman–Crippen LogP) is 2.02. The zero-order valence-electron chi connectivity index (χ0n) is 10.8. The fraction of sp³-hybridized carbons (Fsp3) is 1.00. The van der Waals surface area contributed by atoms with E-state index in [0.717, 1.165) is 38.8 Å². The van der Waals surface area contributed by atoms with Crippen molar-refractivity contribution >= 4 is 0 Å². The maximum Gasteiger partial charge on any atom is 0.0431 e. The van der Waals surface area contributed by atoms with Crippen molar-refractivity contribution in [1.29, 1.82) is 0 Å². The molecule has 16 heavy (non-hydrogen) atoms. The smallest absolute Gasteiger partial charge is 0.0431 e. The summed E-state index contributed by atoms with van der Waals surface area (Å²) in [6.07, 6.45) is 7.76. The van der Waals surface area contributed by atoms with Crippen LogP contribution >= 0.6 is 0 Å². The largest absolute Gasteiger partial charge is 0.396 e. The van der Waals surface area contributed by atoms with Crippen LogP contribution in [0.2, 0.25) is 0 Å². The molecular formula is C13H29NO2. The van der Waals surface area contributed by atoms with Crippen LogP contribution in [0.1, 0.15) is 51.9 Å². The lowest BCUT2D eigenvalue weighted by atomic mass is 10.2. The van der Waals surface area contributed by atoms with Crippen molar-refractivity contribution in [3.8, 4) is 0 Å². The molecular weight excluding hydrogens is 202 g/mol. The average molecular weight is 231 g/mol. The average Bonchev–Trinajstić information content (AvgIpc) is 2.31. The Kier molecular flexibility index (Phi) is 12.9. The van der Waals surface area contributed by atoms with Crippen LogP contribution in [0.5, 0.6) is 0 Å². The molecule has 3 nitrogen and oxygen atoms in total. The monoisotopic (exact) mass is 231 g/mol. The molecule has 0 spiro atoms. The van der Waals surface area contributed by atoms with Gasteiger partial charge >= 0.3 is 0 Å². The molecule has 3 heteroatoms. The number of aliphatic hydroxyl groups excluding tert-OH is 2. The predicted molar refractivity (Wildman–Crippen MR) is 68.6 cm³/mol. The SMILES string of the molecule is CCCCN(CCCCO)CCCCCO. The Bertz CT molecular complexity index is 131. The van der Waals surface area contributed by atoms with Crippen LogP contribution in [0, 0.1) is 0 Å². The van der Waals surface area contributed by atoms with E-state index in [0.29, 0.717) is 13.2 Å². The van der Waals surface area contributed by atoms with Gasteiger partial charge < -0.3 is 15.1 Å². The normalized spacial score (nSPS) is 11.2. The molecule has 0 bridgehead atoms. The Morgan fingerprint density at radius 3 is 1.75 bits per heavy atom. The molecule has 0 heterocycles. The third-order valence-electron chi connectivity index (χ3n) is 2.84. The number of unbranched alkanes of at least 4 members (excludes halogenated alkanes) is 4. The molecule has 0 rings (SSSR count). The van der Waals surface area contributed by atoms with Gasteiger partial charge in [0.25, 0.3) is 0 Å². The van der Waals surface area contributed by atoms with E-state index in [1.807, 2.05) is 0 Å².